The molecule has 1 aromatic carbocycles. The van der Waals surface area contributed by atoms with E-state index >= 15 is 0 Å². The SMILES string of the molecule is O=[C]C(Cc1ccc(O)cc1)N1C(=O)CCC1=O. The zero-order chi connectivity index (χ0) is 13.1. The number of nitrogens with zero attached hydrogens (tertiary/aromatic N) is 1. The smallest absolute Gasteiger partial charge is 0.230 e. The highest BCUT2D eigenvalue weighted by molar-refractivity contribution is 6.04. The first-order valence-electron chi connectivity index (χ1n) is 5.62. The Bertz CT molecular complexity index is 464. The highest BCUT2D eigenvalue weighted by atomic mass is 16.3. The fraction of sp³-hybridized carbons (Fsp3) is 0.308. The molecule has 1 N–H and O–H groups in total. The molecule has 1 radical (unpaired) electrons. The predicted molar refractivity (Wildman–Crippen MR) is 62.4 cm³/mol. The summed E-state index contributed by atoms with van der Waals surface area (Å²) in [5.41, 5.74) is 0.758. The lowest BCUT2D eigenvalue weighted by Crippen LogP contribution is -2.41. The molecule has 93 valence electrons. The summed E-state index contributed by atoms with van der Waals surface area (Å²) in [7, 11) is 0. The van der Waals surface area contributed by atoms with Gasteiger partial charge in [-0.15, -0.1) is 0 Å². The third-order valence-electron chi connectivity index (χ3n) is 2.90. The van der Waals surface area contributed by atoms with E-state index in [0.717, 1.165) is 10.5 Å². The van der Waals surface area contributed by atoms with Gasteiger partial charge in [-0.2, -0.15) is 0 Å². The van der Waals surface area contributed by atoms with Gasteiger partial charge in [0.05, 0.1) is 0 Å². The number of hydrogen-bond acceptors (Lipinski definition) is 4. The molecule has 0 spiro atoms. The van der Waals surface area contributed by atoms with E-state index in [1.165, 1.54) is 12.1 Å². The molecule has 1 unspecified atom stereocenters. The van der Waals surface area contributed by atoms with E-state index in [0.29, 0.717) is 0 Å². The minimum atomic E-state index is -0.878. The maximum absolute atomic E-state index is 11.5. The Morgan fingerprint density at radius 3 is 2.22 bits per heavy atom. The third-order valence-corrected chi connectivity index (χ3v) is 2.90. The van der Waals surface area contributed by atoms with Crippen LogP contribution in [0.4, 0.5) is 0 Å². The lowest BCUT2D eigenvalue weighted by Gasteiger charge is -2.20. The highest BCUT2D eigenvalue weighted by Crippen LogP contribution is 2.18. The van der Waals surface area contributed by atoms with E-state index in [1.54, 1.807) is 18.4 Å². The van der Waals surface area contributed by atoms with Crippen molar-refractivity contribution in [1.29, 1.82) is 0 Å². The first-order chi connectivity index (χ1) is 8.61. The Hall–Kier alpha value is -2.17. The average Bonchev–Trinajstić information content (AvgIpc) is 2.69. The third kappa shape index (κ3) is 2.40. The molecule has 2 rings (SSSR count). The fourth-order valence-corrected chi connectivity index (χ4v) is 1.98. The Balaban J connectivity index is 2.14. The van der Waals surface area contributed by atoms with Crippen LogP contribution in [0.25, 0.3) is 0 Å². The van der Waals surface area contributed by atoms with Crippen LogP contribution < -0.4 is 0 Å². The van der Waals surface area contributed by atoms with E-state index in [-0.39, 0.29) is 36.8 Å². The van der Waals surface area contributed by atoms with E-state index in [4.69, 9.17) is 5.11 Å². The van der Waals surface area contributed by atoms with Crippen LogP contribution in [0, 0.1) is 0 Å². The van der Waals surface area contributed by atoms with Crippen molar-refractivity contribution in [3.63, 3.8) is 0 Å². The molecule has 2 amide bonds. The van der Waals surface area contributed by atoms with Gasteiger partial charge in [-0.25, -0.2) is 0 Å². The monoisotopic (exact) mass is 246 g/mol. The number of phenolic OH excluding ortho intramolecular Hbond substituents is 1. The summed E-state index contributed by atoms with van der Waals surface area (Å²) in [5, 5.41) is 9.15. The minimum Gasteiger partial charge on any atom is -0.508 e. The molecule has 1 aliphatic rings. The van der Waals surface area contributed by atoms with Crippen LogP contribution in [0.5, 0.6) is 5.75 Å². The van der Waals surface area contributed by atoms with Crippen LogP contribution in [-0.4, -0.2) is 34.1 Å². The Labute approximate surface area is 104 Å². The Morgan fingerprint density at radius 1 is 1.17 bits per heavy atom. The Kier molecular flexibility index (Phi) is 3.41. The van der Waals surface area contributed by atoms with Gasteiger partial charge in [0.25, 0.3) is 0 Å². The van der Waals surface area contributed by atoms with Gasteiger partial charge in [0, 0.05) is 19.3 Å². The van der Waals surface area contributed by atoms with Crippen LogP contribution in [0.15, 0.2) is 24.3 Å². The molecule has 5 heteroatoms. The van der Waals surface area contributed by atoms with Crippen molar-refractivity contribution in [1.82, 2.24) is 4.90 Å². The minimum absolute atomic E-state index is 0.124. The summed E-state index contributed by atoms with van der Waals surface area (Å²) in [5.74, 6) is -0.530. The first kappa shape index (κ1) is 12.3. The first-order valence-corrected chi connectivity index (χ1v) is 5.62. The quantitative estimate of drug-likeness (QED) is 0.788. The molecule has 1 fully saturated rings. The molecule has 1 saturated heterocycles. The van der Waals surface area contributed by atoms with Crippen molar-refractivity contribution in [3.05, 3.63) is 29.8 Å². The molecule has 0 bridgehead atoms. The van der Waals surface area contributed by atoms with Crippen molar-refractivity contribution in [2.45, 2.75) is 25.3 Å². The van der Waals surface area contributed by atoms with Crippen molar-refractivity contribution in [2.75, 3.05) is 0 Å². The van der Waals surface area contributed by atoms with Crippen LogP contribution in [0.3, 0.4) is 0 Å². The van der Waals surface area contributed by atoms with Crippen LogP contribution >= 0.6 is 0 Å². The zero-order valence-corrected chi connectivity index (χ0v) is 9.63. The molecule has 1 aromatic rings. The standard InChI is InChI=1S/C13H12NO4/c15-8-10(14-12(17)5-6-13(14)18)7-9-1-3-11(16)4-2-9/h1-4,10,16H,5-7H2. The summed E-state index contributed by atoms with van der Waals surface area (Å²) >= 11 is 0. The summed E-state index contributed by atoms with van der Waals surface area (Å²) in [6.07, 6.45) is 2.28. The maximum atomic E-state index is 11.5. The largest absolute Gasteiger partial charge is 0.508 e. The second-order valence-electron chi connectivity index (χ2n) is 4.16. The van der Waals surface area contributed by atoms with Crippen LogP contribution in [0.2, 0.25) is 0 Å². The lowest BCUT2D eigenvalue weighted by molar-refractivity contribution is -0.139. The van der Waals surface area contributed by atoms with Crippen LogP contribution in [-0.2, 0) is 20.8 Å². The molecule has 0 aliphatic carbocycles. The van der Waals surface area contributed by atoms with Gasteiger partial charge in [-0.05, 0) is 17.7 Å². The number of amides is 2. The number of carbonyl (C=O) groups is 2. The summed E-state index contributed by atoms with van der Waals surface area (Å²) < 4.78 is 0. The second kappa shape index (κ2) is 5.00. The van der Waals surface area contributed by atoms with Gasteiger partial charge in [0.2, 0.25) is 18.1 Å². The van der Waals surface area contributed by atoms with Crippen molar-refractivity contribution in [2.24, 2.45) is 0 Å². The molecular formula is C13H12NO4. The number of rotatable bonds is 4. The summed E-state index contributed by atoms with van der Waals surface area (Å²) in [6.45, 7) is 0. The highest BCUT2D eigenvalue weighted by Gasteiger charge is 2.35. The summed E-state index contributed by atoms with van der Waals surface area (Å²) in [4.78, 5) is 35.0. The number of aromatic hydroxyl groups is 1. The van der Waals surface area contributed by atoms with E-state index < -0.39 is 6.04 Å². The molecule has 1 aliphatic heterocycles. The van der Waals surface area contributed by atoms with Gasteiger partial charge < -0.3 is 5.11 Å². The van der Waals surface area contributed by atoms with Gasteiger partial charge in [-0.1, -0.05) is 12.1 Å². The van der Waals surface area contributed by atoms with Gasteiger partial charge in [0.15, 0.2) is 0 Å². The molecule has 1 atom stereocenters. The maximum Gasteiger partial charge on any atom is 0.230 e. The number of likely N-dealkylation sites (tertiary alicyclic amines) is 1. The van der Waals surface area contributed by atoms with E-state index in [2.05, 4.69) is 0 Å². The number of imide groups is 1. The van der Waals surface area contributed by atoms with Crippen molar-refractivity contribution >= 4 is 18.1 Å². The molecule has 0 saturated carbocycles. The second-order valence-corrected chi connectivity index (χ2v) is 4.16. The lowest BCUT2D eigenvalue weighted by atomic mass is 10.1. The van der Waals surface area contributed by atoms with Crippen LogP contribution in [0.1, 0.15) is 18.4 Å². The predicted octanol–water partition coefficient (Wildman–Crippen LogP) is 0.562. The van der Waals surface area contributed by atoms with Crippen molar-refractivity contribution in [3.8, 4) is 5.75 Å². The van der Waals surface area contributed by atoms with Gasteiger partial charge in [0.1, 0.15) is 11.8 Å². The average molecular weight is 246 g/mol. The topological polar surface area (TPSA) is 74.7 Å². The fourth-order valence-electron chi connectivity index (χ4n) is 1.98. The molecule has 5 nitrogen and oxygen atoms in total. The number of phenols is 1. The van der Waals surface area contributed by atoms with E-state index in [9.17, 15) is 14.4 Å². The Morgan fingerprint density at radius 2 is 1.72 bits per heavy atom. The molecule has 0 aromatic heterocycles. The van der Waals surface area contributed by atoms with Gasteiger partial charge >= 0.3 is 0 Å². The van der Waals surface area contributed by atoms with Crippen molar-refractivity contribution < 1.29 is 19.5 Å². The van der Waals surface area contributed by atoms with E-state index in [1.807, 2.05) is 0 Å². The van der Waals surface area contributed by atoms with Gasteiger partial charge in [-0.3, -0.25) is 19.3 Å². The molecule has 18 heavy (non-hydrogen) atoms. The molecule has 1 heterocycles. The number of benzene rings is 1. The number of carbonyl (C=O) groups excluding carboxylic acids is 3. The zero-order valence-electron chi connectivity index (χ0n) is 9.63. The normalized spacial score (nSPS) is 17.0. The summed E-state index contributed by atoms with van der Waals surface area (Å²) in [6, 6.07) is 5.39. The number of hydrogen-bond donors (Lipinski definition) is 1. The molecular weight excluding hydrogens is 234 g/mol.